The van der Waals surface area contributed by atoms with Crippen LogP contribution in [0.25, 0.3) is 55.7 Å². The van der Waals surface area contributed by atoms with E-state index in [0.29, 0.717) is 0 Å². The average Bonchev–Trinajstić information content (AvgIpc) is 3.09. The van der Waals surface area contributed by atoms with Crippen molar-refractivity contribution in [1.82, 2.24) is 15.3 Å². The van der Waals surface area contributed by atoms with Gasteiger partial charge >= 0.3 is 0 Å². The second-order valence-electron chi connectivity index (χ2n) is 10.4. The number of rotatable bonds is 8. The third kappa shape index (κ3) is 6.37. The minimum atomic E-state index is 0.796. The fourth-order valence-electron chi connectivity index (χ4n) is 5.41. The third-order valence-electron chi connectivity index (χ3n) is 7.62. The van der Waals surface area contributed by atoms with Crippen LogP contribution in [0.1, 0.15) is 18.1 Å². The van der Waals surface area contributed by atoms with Crippen molar-refractivity contribution in [3.63, 3.8) is 0 Å². The van der Waals surface area contributed by atoms with Crippen molar-refractivity contribution in [2.75, 3.05) is 6.54 Å². The molecule has 0 amide bonds. The molecule has 208 valence electrons. The highest BCUT2D eigenvalue weighted by atomic mass is 14.8. The topological polar surface area (TPSA) is 37.8 Å². The van der Waals surface area contributed by atoms with E-state index in [2.05, 4.69) is 126 Å². The Morgan fingerprint density at radius 1 is 0.698 bits per heavy atom. The monoisotopic (exact) mass is 555 g/mol. The molecule has 3 nitrogen and oxygen atoms in total. The van der Waals surface area contributed by atoms with Crippen molar-refractivity contribution in [2.45, 2.75) is 6.92 Å². The van der Waals surface area contributed by atoms with Gasteiger partial charge in [-0.1, -0.05) is 67.3 Å². The first kappa shape index (κ1) is 27.6. The summed E-state index contributed by atoms with van der Waals surface area (Å²) < 4.78 is 0. The molecule has 0 aliphatic carbocycles. The Hall–Kier alpha value is -5.54. The predicted octanol–water partition coefficient (Wildman–Crippen LogP) is 9.79. The zero-order chi connectivity index (χ0) is 29.4. The number of dihydropyridines is 1. The van der Waals surface area contributed by atoms with Gasteiger partial charge in [0.2, 0.25) is 0 Å². The summed E-state index contributed by atoms with van der Waals surface area (Å²) in [6.07, 6.45) is 21.7. The smallest absolute Gasteiger partial charge is 0.0401 e. The van der Waals surface area contributed by atoms with Gasteiger partial charge in [-0.15, -0.1) is 0 Å². The van der Waals surface area contributed by atoms with E-state index >= 15 is 0 Å². The van der Waals surface area contributed by atoms with Crippen LogP contribution in [0.5, 0.6) is 0 Å². The summed E-state index contributed by atoms with van der Waals surface area (Å²) in [5.41, 5.74) is 13.8. The SMILES string of the molecule is C=C/C=C\C(=C/C)c1cc(-c2cccnc2)cc(-c2cccc(-c3cc(C4=CC=CNC4)cc(-c4cccnc4)c3)c2)c1. The van der Waals surface area contributed by atoms with Gasteiger partial charge in [-0.3, -0.25) is 9.97 Å². The van der Waals surface area contributed by atoms with E-state index in [-0.39, 0.29) is 0 Å². The van der Waals surface area contributed by atoms with E-state index in [9.17, 15) is 0 Å². The molecule has 1 aliphatic rings. The number of aromatic nitrogens is 2. The van der Waals surface area contributed by atoms with Crippen LogP contribution in [0.4, 0.5) is 0 Å². The molecule has 1 aliphatic heterocycles. The van der Waals surface area contributed by atoms with E-state index < -0.39 is 0 Å². The van der Waals surface area contributed by atoms with Gasteiger partial charge in [-0.25, -0.2) is 0 Å². The highest BCUT2D eigenvalue weighted by Crippen LogP contribution is 2.35. The van der Waals surface area contributed by atoms with Crippen LogP contribution < -0.4 is 5.32 Å². The van der Waals surface area contributed by atoms with Gasteiger partial charge in [0.05, 0.1) is 0 Å². The van der Waals surface area contributed by atoms with E-state index in [1.54, 1.807) is 0 Å². The van der Waals surface area contributed by atoms with Crippen LogP contribution >= 0.6 is 0 Å². The van der Waals surface area contributed by atoms with Gasteiger partial charge in [-0.05, 0) is 129 Å². The largest absolute Gasteiger partial charge is 0.387 e. The van der Waals surface area contributed by atoms with Crippen LogP contribution in [0.15, 0.2) is 159 Å². The summed E-state index contributed by atoms with van der Waals surface area (Å²) >= 11 is 0. The van der Waals surface area contributed by atoms with Gasteiger partial charge < -0.3 is 5.32 Å². The maximum absolute atomic E-state index is 4.38. The zero-order valence-corrected chi connectivity index (χ0v) is 24.2. The number of hydrogen-bond donors (Lipinski definition) is 1. The summed E-state index contributed by atoms with van der Waals surface area (Å²) in [6.45, 7) is 6.72. The lowest BCUT2D eigenvalue weighted by Gasteiger charge is -2.16. The Labute approximate surface area is 254 Å². The molecule has 0 spiro atoms. The van der Waals surface area contributed by atoms with Crippen LogP contribution in [0.2, 0.25) is 0 Å². The molecule has 2 aromatic heterocycles. The Morgan fingerprint density at radius 3 is 1.81 bits per heavy atom. The van der Waals surface area contributed by atoms with Crippen molar-refractivity contribution >= 4 is 11.1 Å². The molecule has 3 heteroatoms. The molecule has 0 fully saturated rings. The quantitative estimate of drug-likeness (QED) is 0.194. The first-order valence-corrected chi connectivity index (χ1v) is 14.5. The van der Waals surface area contributed by atoms with Crippen LogP contribution in [0.3, 0.4) is 0 Å². The summed E-state index contributed by atoms with van der Waals surface area (Å²) in [5, 5.41) is 3.35. The second kappa shape index (κ2) is 13.0. The van der Waals surface area contributed by atoms with Gasteiger partial charge in [0.15, 0.2) is 0 Å². The first-order valence-electron chi connectivity index (χ1n) is 14.5. The zero-order valence-electron chi connectivity index (χ0n) is 24.2. The highest BCUT2D eigenvalue weighted by Gasteiger charge is 2.12. The normalized spacial score (nSPS) is 13.0. The van der Waals surface area contributed by atoms with Crippen LogP contribution in [0, 0.1) is 0 Å². The molecule has 0 saturated heterocycles. The van der Waals surface area contributed by atoms with Crippen molar-refractivity contribution in [3.8, 4) is 44.5 Å². The predicted molar refractivity (Wildman–Crippen MR) is 182 cm³/mol. The minimum Gasteiger partial charge on any atom is -0.387 e. The van der Waals surface area contributed by atoms with Crippen molar-refractivity contribution in [2.24, 2.45) is 0 Å². The Balaban J connectivity index is 1.48. The highest BCUT2D eigenvalue weighted by molar-refractivity contribution is 5.86. The molecule has 3 aromatic carbocycles. The van der Waals surface area contributed by atoms with Crippen molar-refractivity contribution in [3.05, 3.63) is 170 Å². The van der Waals surface area contributed by atoms with Gasteiger partial charge in [0, 0.05) is 42.5 Å². The van der Waals surface area contributed by atoms with Gasteiger partial charge in [0.25, 0.3) is 0 Å². The number of hydrogen-bond acceptors (Lipinski definition) is 3. The second-order valence-corrected chi connectivity index (χ2v) is 10.4. The minimum absolute atomic E-state index is 0.796. The molecule has 5 aromatic rings. The summed E-state index contributed by atoms with van der Waals surface area (Å²) in [7, 11) is 0. The molecule has 0 saturated carbocycles. The van der Waals surface area contributed by atoms with Crippen LogP contribution in [-0.2, 0) is 0 Å². The molecule has 6 rings (SSSR count). The maximum Gasteiger partial charge on any atom is 0.0401 e. The molecule has 0 bridgehead atoms. The Bertz CT molecular complexity index is 1880. The standard InChI is InChI=1S/C40H33N3/c1-3-5-10-29(4-2)35-20-36(22-38(21-35)32-13-7-16-41-26-32)30-11-6-12-31(19-30)37-23-39(33-14-8-17-42-27-33)25-40(24-37)34-15-9-18-43-28-34/h3-27,43H,1,28H2,2H3/b10-5-,29-4+. The summed E-state index contributed by atoms with van der Waals surface area (Å²) in [4.78, 5) is 8.77. The lowest BCUT2D eigenvalue weighted by atomic mass is 9.90. The molecule has 1 N–H and O–H groups in total. The van der Waals surface area contributed by atoms with E-state index in [1.807, 2.05) is 55.3 Å². The average molecular weight is 556 g/mol. The number of nitrogens with one attached hydrogen (secondary N) is 1. The number of nitrogens with zero attached hydrogens (tertiary/aromatic N) is 2. The first-order chi connectivity index (χ1) is 21.2. The lowest BCUT2D eigenvalue weighted by molar-refractivity contribution is 0.986. The summed E-state index contributed by atoms with van der Waals surface area (Å²) in [5.74, 6) is 0. The number of benzene rings is 3. The summed E-state index contributed by atoms with van der Waals surface area (Å²) in [6, 6.07) is 30.6. The maximum atomic E-state index is 4.38. The molecule has 0 unspecified atom stereocenters. The van der Waals surface area contributed by atoms with Crippen molar-refractivity contribution in [1.29, 1.82) is 0 Å². The molecule has 43 heavy (non-hydrogen) atoms. The number of pyridine rings is 2. The Morgan fingerprint density at radius 2 is 1.26 bits per heavy atom. The molecule has 0 radical (unpaired) electrons. The Kier molecular flexibility index (Phi) is 8.33. The molecule has 3 heterocycles. The van der Waals surface area contributed by atoms with Crippen LogP contribution in [-0.4, -0.2) is 16.5 Å². The lowest BCUT2D eigenvalue weighted by Crippen LogP contribution is -2.11. The van der Waals surface area contributed by atoms with E-state index in [1.165, 1.54) is 16.7 Å². The fraction of sp³-hybridized carbons (Fsp3) is 0.0500. The fourth-order valence-corrected chi connectivity index (χ4v) is 5.41. The van der Waals surface area contributed by atoms with E-state index in [0.717, 1.165) is 56.6 Å². The molecular formula is C40H33N3. The molecule has 0 atom stereocenters. The third-order valence-corrected chi connectivity index (χ3v) is 7.62. The van der Waals surface area contributed by atoms with Crippen molar-refractivity contribution < 1.29 is 0 Å². The molecular weight excluding hydrogens is 522 g/mol. The van der Waals surface area contributed by atoms with E-state index in [4.69, 9.17) is 0 Å². The van der Waals surface area contributed by atoms with Gasteiger partial charge in [0.1, 0.15) is 0 Å². The number of allylic oxidation sites excluding steroid dienone is 7. The van der Waals surface area contributed by atoms with Gasteiger partial charge in [-0.2, -0.15) is 0 Å².